The zero-order chi connectivity index (χ0) is 49.6. The molecule has 0 fully saturated rings. The van der Waals surface area contributed by atoms with Gasteiger partial charge in [-0.1, -0.05) is 311 Å². The predicted molar refractivity (Wildman–Crippen MR) is 293 cm³/mol. The van der Waals surface area contributed by atoms with Gasteiger partial charge in [-0.05, 0) is 31.1 Å². The Morgan fingerprint density at radius 3 is 0.721 bits per heavy atom. The summed E-state index contributed by atoms with van der Waals surface area (Å²) >= 11 is 0. The second-order valence-electron chi connectivity index (χ2n) is 22.3. The van der Waals surface area contributed by atoms with Crippen LogP contribution in [0.2, 0.25) is 0 Å². The van der Waals surface area contributed by atoms with Gasteiger partial charge < -0.3 is 14.2 Å². The minimum Gasteiger partial charge on any atom is -0.462 e. The summed E-state index contributed by atoms with van der Waals surface area (Å²) in [6, 6.07) is 0. The van der Waals surface area contributed by atoms with E-state index in [1.165, 1.54) is 238 Å². The molecule has 1 atom stereocenters. The molecular formula is C62H120O6. The van der Waals surface area contributed by atoms with Gasteiger partial charge in [-0.3, -0.25) is 14.4 Å². The largest absolute Gasteiger partial charge is 0.462 e. The van der Waals surface area contributed by atoms with Crippen LogP contribution in [0.3, 0.4) is 0 Å². The summed E-state index contributed by atoms with van der Waals surface area (Å²) in [5.74, 6) is 0.853. The van der Waals surface area contributed by atoms with Crippen molar-refractivity contribution in [3.8, 4) is 0 Å². The summed E-state index contributed by atoms with van der Waals surface area (Å²) in [6.07, 6.45) is 59.5. The maximum Gasteiger partial charge on any atom is 0.306 e. The highest BCUT2D eigenvalue weighted by molar-refractivity contribution is 5.71. The summed E-state index contributed by atoms with van der Waals surface area (Å²) in [4.78, 5) is 38.2. The smallest absolute Gasteiger partial charge is 0.306 e. The molecule has 0 aliphatic rings. The molecule has 0 rings (SSSR count). The molecule has 0 saturated heterocycles. The number of unbranched alkanes of at least 4 members (excludes halogenated alkanes) is 41. The number of carbonyl (C=O) groups is 3. The van der Waals surface area contributed by atoms with Crippen molar-refractivity contribution in [3.63, 3.8) is 0 Å². The molecule has 0 aliphatic heterocycles. The molecule has 0 heterocycles. The van der Waals surface area contributed by atoms with Gasteiger partial charge in [0.1, 0.15) is 13.2 Å². The second-order valence-corrected chi connectivity index (χ2v) is 22.3. The average Bonchev–Trinajstić information content (AvgIpc) is 3.31. The maximum absolute atomic E-state index is 12.9. The first-order valence-corrected chi connectivity index (χ1v) is 30.7. The SMILES string of the molecule is CCCCCCCCCCCCCCCCCCC(=O)O[C@H](COC(=O)CCCCCCCCCCCCCCCCCCC(C)C)COC(=O)CCCCCCCCCCCCCCC(C)C. The van der Waals surface area contributed by atoms with Gasteiger partial charge in [-0.25, -0.2) is 0 Å². The Kier molecular flexibility index (Phi) is 53.5. The standard InChI is InChI=1S/C62H120O6/c1-6-7-8-9-10-11-12-13-14-18-22-29-34-39-44-49-54-62(65)68-59(56-67-61(64)53-48-43-38-33-28-24-23-26-31-36-41-46-51-58(4)5)55-66-60(63)52-47-42-37-32-27-21-19-16-15-17-20-25-30-35-40-45-50-57(2)3/h57-59H,6-56H2,1-5H3/t59-/m1/s1. The normalized spacial score (nSPS) is 12.0. The van der Waals surface area contributed by atoms with Crippen molar-refractivity contribution >= 4 is 17.9 Å². The average molecular weight is 962 g/mol. The highest BCUT2D eigenvalue weighted by Gasteiger charge is 2.19. The zero-order valence-corrected chi connectivity index (χ0v) is 46.7. The Bertz CT molecular complexity index is 1040. The number of carbonyl (C=O) groups excluding carboxylic acids is 3. The fourth-order valence-corrected chi connectivity index (χ4v) is 9.58. The Morgan fingerprint density at radius 2 is 0.485 bits per heavy atom. The van der Waals surface area contributed by atoms with Crippen molar-refractivity contribution in [1.82, 2.24) is 0 Å². The van der Waals surface area contributed by atoms with Crippen LogP contribution in [-0.2, 0) is 28.6 Å². The lowest BCUT2D eigenvalue weighted by Crippen LogP contribution is -2.30. The minimum atomic E-state index is -0.763. The first-order valence-electron chi connectivity index (χ1n) is 30.7. The van der Waals surface area contributed by atoms with E-state index in [1.54, 1.807) is 0 Å². The summed E-state index contributed by atoms with van der Waals surface area (Å²) in [7, 11) is 0. The lowest BCUT2D eigenvalue weighted by molar-refractivity contribution is -0.167. The molecular weight excluding hydrogens is 841 g/mol. The highest BCUT2D eigenvalue weighted by Crippen LogP contribution is 2.19. The molecule has 6 nitrogen and oxygen atoms in total. The van der Waals surface area contributed by atoms with Crippen LogP contribution in [0.5, 0.6) is 0 Å². The first kappa shape index (κ1) is 66.4. The van der Waals surface area contributed by atoms with E-state index < -0.39 is 6.10 Å². The lowest BCUT2D eigenvalue weighted by Gasteiger charge is -2.18. The third-order valence-corrected chi connectivity index (χ3v) is 14.2. The Morgan fingerprint density at radius 1 is 0.279 bits per heavy atom. The van der Waals surface area contributed by atoms with Gasteiger partial charge in [0.05, 0.1) is 0 Å². The topological polar surface area (TPSA) is 78.9 Å². The maximum atomic E-state index is 12.9. The van der Waals surface area contributed by atoms with E-state index in [1.807, 2.05) is 0 Å². The third kappa shape index (κ3) is 55.3. The fourth-order valence-electron chi connectivity index (χ4n) is 9.58. The van der Waals surface area contributed by atoms with Crippen LogP contribution in [0.4, 0.5) is 0 Å². The van der Waals surface area contributed by atoms with Gasteiger partial charge in [-0.15, -0.1) is 0 Å². The highest BCUT2D eigenvalue weighted by atomic mass is 16.6. The summed E-state index contributed by atoms with van der Waals surface area (Å²) in [5, 5.41) is 0. The van der Waals surface area contributed by atoms with Crippen molar-refractivity contribution in [1.29, 1.82) is 0 Å². The van der Waals surface area contributed by atoms with E-state index in [0.29, 0.717) is 19.3 Å². The van der Waals surface area contributed by atoms with Crippen LogP contribution in [-0.4, -0.2) is 37.2 Å². The van der Waals surface area contributed by atoms with Gasteiger partial charge in [0.25, 0.3) is 0 Å². The molecule has 0 amide bonds. The summed E-state index contributed by atoms with van der Waals surface area (Å²) in [5.41, 5.74) is 0. The van der Waals surface area contributed by atoms with Crippen LogP contribution in [0.25, 0.3) is 0 Å². The Hall–Kier alpha value is -1.59. The quantitative estimate of drug-likeness (QED) is 0.0343. The molecule has 0 radical (unpaired) electrons. The Balaban J connectivity index is 4.28. The number of hydrogen-bond acceptors (Lipinski definition) is 6. The van der Waals surface area contributed by atoms with E-state index in [0.717, 1.165) is 69.6 Å². The predicted octanol–water partition coefficient (Wildman–Crippen LogP) is 20.4. The summed E-state index contributed by atoms with van der Waals surface area (Å²) < 4.78 is 16.9. The number of ether oxygens (including phenoxy) is 3. The monoisotopic (exact) mass is 961 g/mol. The van der Waals surface area contributed by atoms with Crippen LogP contribution in [0.15, 0.2) is 0 Å². The molecule has 0 saturated carbocycles. The zero-order valence-electron chi connectivity index (χ0n) is 46.7. The van der Waals surface area contributed by atoms with Crippen molar-refractivity contribution in [2.75, 3.05) is 13.2 Å². The molecule has 404 valence electrons. The molecule has 0 aromatic carbocycles. The molecule has 0 N–H and O–H groups in total. The van der Waals surface area contributed by atoms with Gasteiger partial charge >= 0.3 is 17.9 Å². The number of esters is 3. The van der Waals surface area contributed by atoms with Gasteiger partial charge in [-0.2, -0.15) is 0 Å². The second kappa shape index (κ2) is 54.7. The van der Waals surface area contributed by atoms with E-state index in [9.17, 15) is 14.4 Å². The van der Waals surface area contributed by atoms with Crippen LogP contribution >= 0.6 is 0 Å². The fraction of sp³-hybridized carbons (Fsp3) is 0.952. The number of hydrogen-bond donors (Lipinski definition) is 0. The van der Waals surface area contributed by atoms with Gasteiger partial charge in [0.2, 0.25) is 0 Å². The first-order chi connectivity index (χ1) is 33.2. The minimum absolute atomic E-state index is 0.0621. The van der Waals surface area contributed by atoms with Crippen LogP contribution in [0, 0.1) is 11.8 Å². The Labute approximate surface area is 425 Å². The molecule has 0 aromatic heterocycles. The summed E-state index contributed by atoms with van der Waals surface area (Å²) in [6.45, 7) is 11.4. The van der Waals surface area contributed by atoms with E-state index in [4.69, 9.17) is 14.2 Å². The van der Waals surface area contributed by atoms with Crippen LogP contribution < -0.4 is 0 Å². The molecule has 0 aromatic rings. The van der Waals surface area contributed by atoms with E-state index in [2.05, 4.69) is 34.6 Å². The van der Waals surface area contributed by atoms with E-state index in [-0.39, 0.29) is 31.1 Å². The molecule has 0 aliphatic carbocycles. The van der Waals surface area contributed by atoms with Gasteiger partial charge in [0.15, 0.2) is 6.10 Å². The number of rotatable bonds is 56. The van der Waals surface area contributed by atoms with Crippen molar-refractivity contribution in [3.05, 3.63) is 0 Å². The van der Waals surface area contributed by atoms with Crippen molar-refractivity contribution in [2.24, 2.45) is 11.8 Å². The van der Waals surface area contributed by atoms with Gasteiger partial charge in [0, 0.05) is 19.3 Å². The molecule has 0 bridgehead atoms. The molecule has 0 unspecified atom stereocenters. The van der Waals surface area contributed by atoms with Crippen molar-refractivity contribution < 1.29 is 28.6 Å². The molecule has 0 spiro atoms. The van der Waals surface area contributed by atoms with Crippen LogP contribution in [0.1, 0.15) is 349 Å². The molecule has 6 heteroatoms. The third-order valence-electron chi connectivity index (χ3n) is 14.2. The lowest BCUT2D eigenvalue weighted by atomic mass is 10.0. The van der Waals surface area contributed by atoms with Crippen molar-refractivity contribution in [2.45, 2.75) is 355 Å². The molecule has 68 heavy (non-hydrogen) atoms. The van der Waals surface area contributed by atoms with E-state index >= 15 is 0 Å².